The van der Waals surface area contributed by atoms with Crippen LogP contribution >= 0.6 is 11.8 Å². The third-order valence-corrected chi connectivity index (χ3v) is 5.40. The Hall–Kier alpha value is -1.55. The van der Waals surface area contributed by atoms with Crippen LogP contribution in [0.25, 0.3) is 0 Å². The smallest absolute Gasteiger partial charge is 0.281 e. The van der Waals surface area contributed by atoms with Crippen LogP contribution in [0.2, 0.25) is 0 Å². The maximum Gasteiger partial charge on any atom is 0.281 e. The standard InChI is InChI=1S/C18H23N3O2S/c1-4-9-24-17-14(11-19)13-10-18(2,3)23-12-15(13)16(20-17)21-5-7-22-8-6-21/h4H,1,5-10,12H2,2-3H3/p+1. The summed E-state index contributed by atoms with van der Waals surface area (Å²) in [6.45, 7) is 11.6. The number of aromatic amines is 1. The Morgan fingerprint density at radius 1 is 1.38 bits per heavy atom. The largest absolute Gasteiger partial charge is 0.373 e. The molecule has 1 N–H and O–H groups in total. The van der Waals surface area contributed by atoms with Gasteiger partial charge >= 0.3 is 0 Å². The van der Waals surface area contributed by atoms with Gasteiger partial charge in [-0.2, -0.15) is 5.26 Å². The molecule has 0 spiro atoms. The van der Waals surface area contributed by atoms with Crippen molar-refractivity contribution in [2.75, 3.05) is 37.0 Å². The van der Waals surface area contributed by atoms with Gasteiger partial charge in [0.05, 0.1) is 31.0 Å². The highest BCUT2D eigenvalue weighted by molar-refractivity contribution is 7.99. The van der Waals surface area contributed by atoms with Crippen molar-refractivity contribution >= 4 is 17.6 Å². The fourth-order valence-electron chi connectivity index (χ4n) is 3.20. The van der Waals surface area contributed by atoms with E-state index in [0.29, 0.717) is 6.61 Å². The topological polar surface area (TPSA) is 59.6 Å². The second-order valence-electron chi connectivity index (χ2n) is 6.67. The van der Waals surface area contributed by atoms with Crippen LogP contribution < -0.4 is 9.88 Å². The molecule has 0 unspecified atom stereocenters. The molecule has 1 fully saturated rings. The summed E-state index contributed by atoms with van der Waals surface area (Å²) in [4.78, 5) is 5.82. The zero-order chi connectivity index (χ0) is 17.2. The molecule has 0 saturated carbocycles. The number of H-pyrrole nitrogens is 1. The first-order valence-corrected chi connectivity index (χ1v) is 9.26. The molecular formula is C18H24N3O2S+. The van der Waals surface area contributed by atoms with Gasteiger partial charge in [0.25, 0.3) is 5.82 Å². The minimum absolute atomic E-state index is 0.247. The van der Waals surface area contributed by atoms with Crippen molar-refractivity contribution < 1.29 is 14.5 Å². The molecule has 0 aliphatic carbocycles. The van der Waals surface area contributed by atoms with Gasteiger partial charge in [0, 0.05) is 12.2 Å². The molecule has 3 rings (SSSR count). The van der Waals surface area contributed by atoms with Crippen LogP contribution in [-0.4, -0.2) is 37.7 Å². The molecule has 0 bridgehead atoms. The van der Waals surface area contributed by atoms with Crippen LogP contribution in [-0.2, 0) is 22.5 Å². The molecule has 2 aliphatic heterocycles. The average molecular weight is 346 g/mol. The number of nitrogens with zero attached hydrogens (tertiary/aromatic N) is 2. The third-order valence-electron chi connectivity index (χ3n) is 4.41. The van der Waals surface area contributed by atoms with Crippen LogP contribution in [0.15, 0.2) is 17.7 Å². The van der Waals surface area contributed by atoms with Crippen molar-refractivity contribution in [3.63, 3.8) is 0 Å². The van der Waals surface area contributed by atoms with Gasteiger partial charge in [-0.25, -0.2) is 4.98 Å². The highest BCUT2D eigenvalue weighted by Crippen LogP contribution is 2.36. The van der Waals surface area contributed by atoms with E-state index in [1.165, 1.54) is 0 Å². The number of hydrogen-bond donors (Lipinski definition) is 0. The Bertz CT molecular complexity index is 676. The van der Waals surface area contributed by atoms with Crippen molar-refractivity contribution in [2.24, 2.45) is 0 Å². The van der Waals surface area contributed by atoms with E-state index in [9.17, 15) is 5.26 Å². The minimum Gasteiger partial charge on any atom is -0.373 e. The van der Waals surface area contributed by atoms with Crippen molar-refractivity contribution in [1.29, 1.82) is 5.26 Å². The fourth-order valence-corrected chi connectivity index (χ4v) is 3.96. The molecular weight excluding hydrogens is 322 g/mol. The van der Waals surface area contributed by atoms with Gasteiger partial charge in [0.2, 0.25) is 0 Å². The summed E-state index contributed by atoms with van der Waals surface area (Å²) in [6.07, 6.45) is 2.61. The predicted molar refractivity (Wildman–Crippen MR) is 94.2 cm³/mol. The van der Waals surface area contributed by atoms with E-state index in [0.717, 1.165) is 66.0 Å². The molecule has 1 aromatic rings. The van der Waals surface area contributed by atoms with E-state index in [1.807, 2.05) is 6.08 Å². The number of rotatable bonds is 4. The number of nitrogens with one attached hydrogen (secondary N) is 1. The zero-order valence-electron chi connectivity index (χ0n) is 14.4. The average Bonchev–Trinajstić information content (AvgIpc) is 2.58. The summed E-state index contributed by atoms with van der Waals surface area (Å²) in [6, 6.07) is 2.42. The number of morpholine rings is 1. The highest BCUT2D eigenvalue weighted by Gasteiger charge is 2.36. The van der Waals surface area contributed by atoms with E-state index in [4.69, 9.17) is 9.47 Å². The number of hydrogen-bond acceptors (Lipinski definition) is 5. The lowest BCUT2D eigenvalue weighted by molar-refractivity contribution is -0.415. The summed E-state index contributed by atoms with van der Waals surface area (Å²) in [5, 5.41) is 10.7. The van der Waals surface area contributed by atoms with Gasteiger partial charge in [-0.05, 0) is 19.4 Å². The summed E-state index contributed by atoms with van der Waals surface area (Å²) in [7, 11) is 0. The Labute approximate surface area is 147 Å². The van der Waals surface area contributed by atoms with Gasteiger partial charge in [0.15, 0.2) is 5.03 Å². The zero-order valence-corrected chi connectivity index (χ0v) is 15.2. The van der Waals surface area contributed by atoms with E-state index in [2.05, 4.69) is 36.4 Å². The fraction of sp³-hybridized carbons (Fsp3) is 0.556. The first kappa shape index (κ1) is 17.3. The second-order valence-corrected chi connectivity index (χ2v) is 7.70. The number of fused-ring (bicyclic) bond motifs is 1. The molecule has 1 saturated heterocycles. The number of anilines is 1. The summed E-state index contributed by atoms with van der Waals surface area (Å²) in [5.41, 5.74) is 2.75. The first-order valence-electron chi connectivity index (χ1n) is 8.27. The third kappa shape index (κ3) is 3.44. The molecule has 1 aromatic heterocycles. The normalized spacial score (nSPS) is 19.5. The monoisotopic (exact) mass is 346 g/mol. The maximum absolute atomic E-state index is 9.76. The van der Waals surface area contributed by atoms with Crippen LogP contribution in [0.4, 0.5) is 5.82 Å². The minimum atomic E-state index is -0.247. The van der Waals surface area contributed by atoms with Gasteiger partial charge < -0.3 is 9.47 Å². The molecule has 128 valence electrons. The van der Waals surface area contributed by atoms with Crippen LogP contribution in [0.5, 0.6) is 0 Å². The van der Waals surface area contributed by atoms with Crippen molar-refractivity contribution in [1.82, 2.24) is 0 Å². The molecule has 3 heterocycles. The van der Waals surface area contributed by atoms with E-state index in [-0.39, 0.29) is 5.60 Å². The Balaban J connectivity index is 2.11. The van der Waals surface area contributed by atoms with E-state index in [1.54, 1.807) is 11.8 Å². The molecule has 0 atom stereocenters. The van der Waals surface area contributed by atoms with Crippen LogP contribution in [0, 0.1) is 11.3 Å². The van der Waals surface area contributed by atoms with Crippen molar-refractivity contribution in [2.45, 2.75) is 37.5 Å². The van der Waals surface area contributed by atoms with Gasteiger partial charge in [0.1, 0.15) is 24.7 Å². The summed E-state index contributed by atoms with van der Waals surface area (Å²) < 4.78 is 11.5. The molecule has 24 heavy (non-hydrogen) atoms. The number of pyridine rings is 1. The summed E-state index contributed by atoms with van der Waals surface area (Å²) >= 11 is 1.63. The number of aromatic nitrogens is 1. The number of thioether (sulfide) groups is 1. The highest BCUT2D eigenvalue weighted by atomic mass is 32.2. The number of ether oxygens (including phenoxy) is 2. The van der Waals surface area contributed by atoms with Gasteiger partial charge in [-0.15, -0.1) is 6.58 Å². The molecule has 5 nitrogen and oxygen atoms in total. The summed E-state index contributed by atoms with van der Waals surface area (Å²) in [5.74, 6) is 1.85. The molecule has 6 heteroatoms. The van der Waals surface area contributed by atoms with Crippen LogP contribution in [0.1, 0.15) is 30.5 Å². The van der Waals surface area contributed by atoms with Gasteiger partial charge in [-0.1, -0.05) is 17.8 Å². The quantitative estimate of drug-likeness (QED) is 0.619. The second kappa shape index (κ2) is 7.14. The van der Waals surface area contributed by atoms with Crippen molar-refractivity contribution in [3.8, 4) is 6.07 Å². The van der Waals surface area contributed by atoms with Crippen LogP contribution in [0.3, 0.4) is 0 Å². The van der Waals surface area contributed by atoms with E-state index >= 15 is 0 Å². The lowest BCUT2D eigenvalue weighted by Gasteiger charge is -2.34. The maximum atomic E-state index is 9.76. The Morgan fingerprint density at radius 3 is 2.79 bits per heavy atom. The van der Waals surface area contributed by atoms with Gasteiger partial charge in [-0.3, -0.25) is 4.90 Å². The van der Waals surface area contributed by atoms with E-state index < -0.39 is 0 Å². The van der Waals surface area contributed by atoms with Crippen molar-refractivity contribution in [3.05, 3.63) is 29.3 Å². The first-order chi connectivity index (χ1) is 11.6. The predicted octanol–water partition coefficient (Wildman–Crippen LogP) is 2.34. The lowest BCUT2D eigenvalue weighted by atomic mass is 9.89. The lowest BCUT2D eigenvalue weighted by Crippen LogP contribution is -2.43. The SMILES string of the molecule is C=CCSc1[nH+]c(N2CCOCC2)c2c(c1C#N)CC(C)(C)OC2. The molecule has 0 amide bonds. The molecule has 0 radical (unpaired) electrons. The molecule has 2 aliphatic rings. The number of nitriles is 1. The molecule has 0 aromatic carbocycles. The Morgan fingerprint density at radius 2 is 2.12 bits per heavy atom. The Kier molecular flexibility index (Phi) is 5.14.